The van der Waals surface area contributed by atoms with Gasteiger partial charge in [-0.1, -0.05) is 76.5 Å². The molecule has 2 N–H and O–H groups in total. The van der Waals surface area contributed by atoms with E-state index in [-0.39, 0.29) is 6.10 Å². The van der Waals surface area contributed by atoms with Crippen molar-refractivity contribution in [2.24, 2.45) is 0 Å². The van der Waals surface area contributed by atoms with Crippen molar-refractivity contribution in [3.05, 3.63) is 24.3 Å². The van der Waals surface area contributed by atoms with Gasteiger partial charge in [-0.3, -0.25) is 5.26 Å². The first kappa shape index (κ1) is 20.9. The average molecular weight is 312 g/mol. The molecule has 0 aliphatic heterocycles. The molecule has 0 bridgehead atoms. The molecular weight excluding hydrogens is 280 g/mol. The third-order valence-corrected chi connectivity index (χ3v) is 3.67. The SMILES string of the molecule is CCCCCCCCCC[C@H](CCC=CC=CC(=O)O)OO. The lowest BCUT2D eigenvalue weighted by atomic mass is 10.0. The molecule has 0 aliphatic carbocycles. The molecule has 0 amide bonds. The van der Waals surface area contributed by atoms with Gasteiger partial charge in [-0.25, -0.2) is 9.68 Å². The highest BCUT2D eigenvalue weighted by molar-refractivity contribution is 5.80. The van der Waals surface area contributed by atoms with E-state index in [1.54, 1.807) is 6.08 Å². The van der Waals surface area contributed by atoms with Gasteiger partial charge in [0.25, 0.3) is 0 Å². The van der Waals surface area contributed by atoms with E-state index in [0.717, 1.165) is 31.8 Å². The van der Waals surface area contributed by atoms with Crippen molar-refractivity contribution in [1.82, 2.24) is 0 Å². The molecule has 0 radical (unpaired) electrons. The number of unbranched alkanes of at least 4 members (excludes halogenated alkanes) is 7. The lowest BCUT2D eigenvalue weighted by Crippen LogP contribution is -2.10. The molecule has 4 nitrogen and oxygen atoms in total. The van der Waals surface area contributed by atoms with E-state index in [0.29, 0.717) is 0 Å². The molecule has 0 fully saturated rings. The average Bonchev–Trinajstić information content (AvgIpc) is 2.50. The number of rotatable bonds is 15. The molecule has 0 rings (SSSR count). The Bertz CT molecular complexity index is 310. The molecule has 128 valence electrons. The minimum Gasteiger partial charge on any atom is -0.478 e. The van der Waals surface area contributed by atoms with Gasteiger partial charge in [-0.15, -0.1) is 0 Å². The molecule has 0 aromatic carbocycles. The highest BCUT2D eigenvalue weighted by Crippen LogP contribution is 2.14. The second-order valence-electron chi connectivity index (χ2n) is 5.69. The highest BCUT2D eigenvalue weighted by Gasteiger charge is 2.07. The zero-order valence-electron chi connectivity index (χ0n) is 13.9. The van der Waals surface area contributed by atoms with E-state index >= 15 is 0 Å². The Morgan fingerprint density at radius 3 is 2.23 bits per heavy atom. The fourth-order valence-electron chi connectivity index (χ4n) is 2.35. The maximum atomic E-state index is 10.3. The summed E-state index contributed by atoms with van der Waals surface area (Å²) in [5.74, 6) is -0.948. The van der Waals surface area contributed by atoms with Gasteiger partial charge in [0, 0.05) is 6.08 Å². The normalized spacial score (nSPS) is 13.2. The smallest absolute Gasteiger partial charge is 0.328 e. The van der Waals surface area contributed by atoms with E-state index < -0.39 is 5.97 Å². The summed E-state index contributed by atoms with van der Waals surface area (Å²) >= 11 is 0. The Labute approximate surface area is 134 Å². The van der Waals surface area contributed by atoms with E-state index in [4.69, 9.17) is 10.4 Å². The number of carboxylic acids is 1. The minimum atomic E-state index is -0.948. The second-order valence-corrected chi connectivity index (χ2v) is 5.69. The van der Waals surface area contributed by atoms with Crippen LogP contribution in [0.1, 0.15) is 77.6 Å². The highest BCUT2D eigenvalue weighted by atomic mass is 17.1. The number of hydrogen-bond donors (Lipinski definition) is 2. The maximum absolute atomic E-state index is 10.3. The molecule has 1 atom stereocenters. The van der Waals surface area contributed by atoms with Crippen LogP contribution in [0.5, 0.6) is 0 Å². The summed E-state index contributed by atoms with van der Waals surface area (Å²) in [6.45, 7) is 2.23. The van der Waals surface area contributed by atoms with Crippen molar-refractivity contribution in [2.45, 2.75) is 83.7 Å². The second kappa shape index (κ2) is 16.2. The summed E-state index contributed by atoms with van der Waals surface area (Å²) in [6, 6.07) is 0. The van der Waals surface area contributed by atoms with Crippen molar-refractivity contribution < 1.29 is 20.0 Å². The van der Waals surface area contributed by atoms with Crippen molar-refractivity contribution in [3.8, 4) is 0 Å². The van der Waals surface area contributed by atoms with Gasteiger partial charge in [0.15, 0.2) is 0 Å². The van der Waals surface area contributed by atoms with Crippen LogP contribution < -0.4 is 0 Å². The third kappa shape index (κ3) is 15.3. The molecule has 0 aliphatic rings. The van der Waals surface area contributed by atoms with Gasteiger partial charge in [0.1, 0.15) is 0 Å². The largest absolute Gasteiger partial charge is 0.478 e. The predicted molar refractivity (Wildman–Crippen MR) is 89.9 cm³/mol. The maximum Gasteiger partial charge on any atom is 0.328 e. The van der Waals surface area contributed by atoms with Crippen LogP contribution in [0.3, 0.4) is 0 Å². The summed E-state index contributed by atoms with van der Waals surface area (Å²) in [7, 11) is 0. The number of hydrogen-bond acceptors (Lipinski definition) is 3. The van der Waals surface area contributed by atoms with Gasteiger partial charge in [0.05, 0.1) is 6.10 Å². The number of carboxylic acid groups (broad SMARTS) is 1. The lowest BCUT2D eigenvalue weighted by Gasteiger charge is -2.11. The Hall–Kier alpha value is -1.13. The first-order chi connectivity index (χ1) is 10.7. The van der Waals surface area contributed by atoms with Crippen LogP contribution in [-0.4, -0.2) is 22.4 Å². The van der Waals surface area contributed by atoms with Crippen LogP contribution in [0.25, 0.3) is 0 Å². The van der Waals surface area contributed by atoms with E-state index in [9.17, 15) is 4.79 Å². The molecule has 0 unspecified atom stereocenters. The summed E-state index contributed by atoms with van der Waals surface area (Å²) in [5.41, 5.74) is 0. The standard InChI is InChI=1S/C18H32O4/c1-2-3-4-5-6-7-8-11-14-17(22-21)15-12-9-10-13-16-18(19)20/h9-10,13,16-17,21H,2-8,11-12,14-15H2,1H3,(H,19,20)/t17-/m1/s1. The molecule has 0 aromatic heterocycles. The number of aliphatic carboxylic acids is 1. The first-order valence-corrected chi connectivity index (χ1v) is 8.57. The quantitative estimate of drug-likeness (QED) is 0.141. The van der Waals surface area contributed by atoms with Crippen molar-refractivity contribution >= 4 is 5.97 Å². The zero-order valence-corrected chi connectivity index (χ0v) is 13.9. The lowest BCUT2D eigenvalue weighted by molar-refractivity contribution is -0.281. The van der Waals surface area contributed by atoms with Crippen molar-refractivity contribution in [3.63, 3.8) is 0 Å². The van der Waals surface area contributed by atoms with Crippen LogP contribution >= 0.6 is 0 Å². The molecule has 0 saturated heterocycles. The summed E-state index contributed by atoms with van der Waals surface area (Å²) in [4.78, 5) is 14.8. The van der Waals surface area contributed by atoms with Crippen molar-refractivity contribution in [2.75, 3.05) is 0 Å². The van der Waals surface area contributed by atoms with Crippen LogP contribution in [0.2, 0.25) is 0 Å². The van der Waals surface area contributed by atoms with Gasteiger partial charge in [-0.2, -0.15) is 0 Å². The molecule has 22 heavy (non-hydrogen) atoms. The van der Waals surface area contributed by atoms with Gasteiger partial charge >= 0.3 is 5.97 Å². The van der Waals surface area contributed by atoms with Crippen LogP contribution in [0.15, 0.2) is 24.3 Å². The molecule has 0 aromatic rings. The van der Waals surface area contributed by atoms with E-state index in [2.05, 4.69) is 11.8 Å². The fourth-order valence-corrected chi connectivity index (χ4v) is 2.35. The summed E-state index contributed by atoms with van der Waals surface area (Å²) in [5, 5.41) is 17.3. The molecule has 0 spiro atoms. The monoisotopic (exact) mass is 312 g/mol. The van der Waals surface area contributed by atoms with E-state index in [1.807, 2.05) is 6.08 Å². The van der Waals surface area contributed by atoms with E-state index in [1.165, 1.54) is 51.0 Å². The van der Waals surface area contributed by atoms with Crippen LogP contribution in [0.4, 0.5) is 0 Å². The third-order valence-electron chi connectivity index (χ3n) is 3.67. The Kier molecular flexibility index (Phi) is 15.4. The fraction of sp³-hybridized carbons (Fsp3) is 0.722. The summed E-state index contributed by atoms with van der Waals surface area (Å²) < 4.78 is 0. The molecular formula is C18H32O4. The summed E-state index contributed by atoms with van der Waals surface area (Å²) in [6.07, 6.45) is 18.6. The molecule has 0 heterocycles. The molecule has 4 heteroatoms. The minimum absolute atomic E-state index is 0.117. The van der Waals surface area contributed by atoms with Crippen LogP contribution in [-0.2, 0) is 9.68 Å². The van der Waals surface area contributed by atoms with Gasteiger partial charge < -0.3 is 5.11 Å². The topological polar surface area (TPSA) is 66.8 Å². The van der Waals surface area contributed by atoms with Gasteiger partial charge in [-0.05, 0) is 19.3 Å². The van der Waals surface area contributed by atoms with Crippen LogP contribution in [0, 0.1) is 0 Å². The predicted octanol–water partition coefficient (Wildman–Crippen LogP) is 5.35. The van der Waals surface area contributed by atoms with Crippen molar-refractivity contribution in [1.29, 1.82) is 0 Å². The molecule has 0 saturated carbocycles. The zero-order chi connectivity index (χ0) is 16.5. The van der Waals surface area contributed by atoms with Gasteiger partial charge in [0.2, 0.25) is 0 Å². The Morgan fingerprint density at radius 1 is 1.00 bits per heavy atom. The number of allylic oxidation sites excluding steroid dienone is 3. The Balaban J connectivity index is 3.52. The number of carbonyl (C=O) groups is 1. The Morgan fingerprint density at radius 2 is 1.64 bits per heavy atom. The first-order valence-electron chi connectivity index (χ1n) is 8.57.